The second-order valence-electron chi connectivity index (χ2n) is 8.84. The Morgan fingerprint density at radius 2 is 1.72 bits per heavy atom. The van der Waals surface area contributed by atoms with Crippen LogP contribution in [-0.4, -0.2) is 34.7 Å². The molecule has 36 heavy (non-hydrogen) atoms. The lowest BCUT2D eigenvalue weighted by atomic mass is 10.1. The smallest absolute Gasteiger partial charge is 0.242 e. The predicted molar refractivity (Wildman–Crippen MR) is 139 cm³/mol. The summed E-state index contributed by atoms with van der Waals surface area (Å²) in [5.41, 5.74) is 1.28. The zero-order valence-electron chi connectivity index (χ0n) is 20.7. The van der Waals surface area contributed by atoms with Crippen LogP contribution in [0.5, 0.6) is 0 Å². The number of halogens is 1. The normalized spacial score (nSPS) is 10.8. The van der Waals surface area contributed by atoms with Gasteiger partial charge in [-0.3, -0.25) is 14.4 Å². The SMILES string of the molecule is C=CCN(CC(=O)N(Cc1ccc(F)cc1)Cc1coc2ccccc2c1=O)C(=O)CCCCCC. The molecule has 3 aromatic rings. The van der Waals surface area contributed by atoms with Crippen molar-refractivity contribution in [2.75, 3.05) is 13.1 Å². The number of carbonyl (C=O) groups is 2. The number of nitrogens with zero attached hydrogens (tertiary/aromatic N) is 2. The lowest BCUT2D eigenvalue weighted by Crippen LogP contribution is -2.43. The monoisotopic (exact) mass is 492 g/mol. The number of benzene rings is 2. The Kier molecular flexibility index (Phi) is 9.98. The average Bonchev–Trinajstić information content (AvgIpc) is 2.88. The molecule has 0 atom stereocenters. The number of hydrogen-bond donors (Lipinski definition) is 0. The lowest BCUT2D eigenvalue weighted by molar-refractivity contribution is -0.140. The Labute approximate surface area is 211 Å². The van der Waals surface area contributed by atoms with E-state index in [1.54, 1.807) is 42.5 Å². The molecule has 0 aliphatic carbocycles. The molecule has 7 heteroatoms. The molecule has 0 N–H and O–H groups in total. The van der Waals surface area contributed by atoms with E-state index < -0.39 is 0 Å². The molecular weight excluding hydrogens is 459 g/mol. The Morgan fingerprint density at radius 1 is 0.972 bits per heavy atom. The summed E-state index contributed by atoms with van der Waals surface area (Å²) in [6, 6.07) is 12.8. The van der Waals surface area contributed by atoms with Gasteiger partial charge in [0.25, 0.3) is 0 Å². The van der Waals surface area contributed by atoms with Crippen molar-refractivity contribution in [3.63, 3.8) is 0 Å². The van der Waals surface area contributed by atoms with Gasteiger partial charge in [-0.15, -0.1) is 6.58 Å². The van der Waals surface area contributed by atoms with Gasteiger partial charge in [-0.25, -0.2) is 4.39 Å². The third kappa shape index (κ3) is 7.38. The number of unbranched alkanes of at least 4 members (excludes halogenated alkanes) is 3. The third-order valence-corrected chi connectivity index (χ3v) is 6.02. The van der Waals surface area contributed by atoms with Gasteiger partial charge in [0.05, 0.1) is 23.8 Å². The molecule has 0 bridgehead atoms. The highest BCUT2D eigenvalue weighted by atomic mass is 19.1. The molecule has 0 saturated carbocycles. The number of carbonyl (C=O) groups excluding carboxylic acids is 2. The summed E-state index contributed by atoms with van der Waals surface area (Å²) in [5.74, 6) is -0.806. The summed E-state index contributed by atoms with van der Waals surface area (Å²) < 4.78 is 19.1. The van der Waals surface area contributed by atoms with Gasteiger partial charge in [0.15, 0.2) is 5.43 Å². The fourth-order valence-electron chi connectivity index (χ4n) is 4.01. The predicted octanol–water partition coefficient (Wildman–Crippen LogP) is 5.45. The first-order chi connectivity index (χ1) is 17.4. The summed E-state index contributed by atoms with van der Waals surface area (Å²) in [5, 5.41) is 0.430. The molecule has 0 saturated heterocycles. The highest BCUT2D eigenvalue weighted by Gasteiger charge is 2.22. The molecule has 190 valence electrons. The van der Waals surface area contributed by atoms with Gasteiger partial charge in [0, 0.05) is 19.5 Å². The van der Waals surface area contributed by atoms with Gasteiger partial charge in [-0.05, 0) is 36.2 Å². The minimum atomic E-state index is -0.377. The van der Waals surface area contributed by atoms with E-state index in [9.17, 15) is 18.8 Å². The molecule has 0 aliphatic rings. The molecule has 6 nitrogen and oxygen atoms in total. The van der Waals surface area contributed by atoms with Crippen LogP contribution in [0.3, 0.4) is 0 Å². The third-order valence-electron chi connectivity index (χ3n) is 6.02. The molecule has 1 aromatic heterocycles. The van der Waals surface area contributed by atoms with Crippen molar-refractivity contribution >= 4 is 22.8 Å². The van der Waals surface area contributed by atoms with E-state index in [-0.39, 0.29) is 49.2 Å². The van der Waals surface area contributed by atoms with Crippen molar-refractivity contribution < 1.29 is 18.4 Å². The van der Waals surface area contributed by atoms with Crippen molar-refractivity contribution in [1.82, 2.24) is 9.80 Å². The van der Waals surface area contributed by atoms with Crippen LogP contribution >= 0.6 is 0 Å². The number of fused-ring (bicyclic) bond motifs is 1. The van der Waals surface area contributed by atoms with E-state index in [0.717, 1.165) is 25.7 Å². The van der Waals surface area contributed by atoms with Crippen LogP contribution < -0.4 is 5.43 Å². The number of amides is 2. The fraction of sp³-hybridized carbons (Fsp3) is 0.345. The van der Waals surface area contributed by atoms with Crippen LogP contribution in [0.1, 0.15) is 50.2 Å². The highest BCUT2D eigenvalue weighted by molar-refractivity contribution is 5.85. The van der Waals surface area contributed by atoms with E-state index in [0.29, 0.717) is 28.5 Å². The highest BCUT2D eigenvalue weighted by Crippen LogP contribution is 2.15. The lowest BCUT2D eigenvalue weighted by Gasteiger charge is -2.27. The summed E-state index contributed by atoms with van der Waals surface area (Å²) in [6.07, 6.45) is 7.21. The molecule has 2 aromatic carbocycles. The molecule has 0 spiro atoms. The standard InChI is InChI=1S/C29H33FN2O4/c1-3-5-6-7-12-27(33)31(17-4-2)20-28(34)32(18-22-13-15-24(30)16-14-22)19-23-21-36-26-11-9-8-10-25(26)29(23)35/h4,8-11,13-16,21H,2-3,5-7,12,17-20H2,1H3. The summed E-state index contributed by atoms with van der Waals surface area (Å²) in [7, 11) is 0. The largest absolute Gasteiger partial charge is 0.464 e. The second kappa shape index (κ2) is 13.4. The molecule has 1 heterocycles. The molecule has 0 unspecified atom stereocenters. The van der Waals surface area contributed by atoms with E-state index in [4.69, 9.17) is 4.42 Å². The van der Waals surface area contributed by atoms with Gasteiger partial charge in [-0.1, -0.05) is 56.5 Å². The van der Waals surface area contributed by atoms with E-state index in [1.807, 2.05) is 0 Å². The summed E-state index contributed by atoms with van der Waals surface area (Å²) >= 11 is 0. The summed E-state index contributed by atoms with van der Waals surface area (Å²) in [6.45, 7) is 6.09. The molecule has 0 aliphatic heterocycles. The van der Waals surface area contributed by atoms with Gasteiger partial charge < -0.3 is 14.2 Å². The Bertz CT molecular complexity index is 1240. The average molecular weight is 493 g/mol. The quantitative estimate of drug-likeness (QED) is 0.235. The van der Waals surface area contributed by atoms with Crippen molar-refractivity contribution in [2.45, 2.75) is 52.1 Å². The minimum absolute atomic E-state index is 0.00397. The van der Waals surface area contributed by atoms with Crippen molar-refractivity contribution in [3.8, 4) is 0 Å². The first kappa shape index (κ1) is 26.9. The fourth-order valence-corrected chi connectivity index (χ4v) is 4.01. The second-order valence-corrected chi connectivity index (χ2v) is 8.84. The maximum Gasteiger partial charge on any atom is 0.242 e. The number of hydrogen-bond acceptors (Lipinski definition) is 4. The van der Waals surface area contributed by atoms with Gasteiger partial charge in [0.2, 0.25) is 11.8 Å². The van der Waals surface area contributed by atoms with E-state index >= 15 is 0 Å². The topological polar surface area (TPSA) is 70.8 Å². The molecule has 3 rings (SSSR count). The maximum absolute atomic E-state index is 13.5. The Morgan fingerprint density at radius 3 is 2.44 bits per heavy atom. The number of rotatable bonds is 13. The first-order valence-electron chi connectivity index (χ1n) is 12.3. The van der Waals surface area contributed by atoms with Gasteiger partial charge in [0.1, 0.15) is 17.9 Å². The Balaban J connectivity index is 1.82. The van der Waals surface area contributed by atoms with Crippen LogP contribution in [0.25, 0.3) is 11.0 Å². The van der Waals surface area contributed by atoms with Crippen LogP contribution in [-0.2, 0) is 22.7 Å². The minimum Gasteiger partial charge on any atom is -0.464 e. The molecular formula is C29H33FN2O4. The Hall–Kier alpha value is -3.74. The van der Waals surface area contributed by atoms with Crippen LogP contribution in [0.4, 0.5) is 4.39 Å². The van der Waals surface area contributed by atoms with Crippen molar-refractivity contribution in [3.05, 3.63) is 94.6 Å². The molecule has 0 fully saturated rings. The van der Waals surface area contributed by atoms with Crippen LogP contribution in [0.15, 0.2) is 76.7 Å². The molecule has 2 amide bonds. The van der Waals surface area contributed by atoms with E-state index in [1.165, 1.54) is 28.2 Å². The zero-order valence-corrected chi connectivity index (χ0v) is 20.7. The number of para-hydroxylation sites is 1. The van der Waals surface area contributed by atoms with Gasteiger partial charge in [-0.2, -0.15) is 0 Å². The van der Waals surface area contributed by atoms with Crippen LogP contribution in [0, 0.1) is 5.82 Å². The van der Waals surface area contributed by atoms with Crippen LogP contribution in [0.2, 0.25) is 0 Å². The van der Waals surface area contributed by atoms with Crippen molar-refractivity contribution in [2.24, 2.45) is 0 Å². The zero-order chi connectivity index (χ0) is 25.9. The van der Waals surface area contributed by atoms with E-state index in [2.05, 4.69) is 13.5 Å². The maximum atomic E-state index is 13.5. The van der Waals surface area contributed by atoms with Crippen molar-refractivity contribution in [1.29, 1.82) is 0 Å². The molecule has 0 radical (unpaired) electrons. The van der Waals surface area contributed by atoms with Gasteiger partial charge >= 0.3 is 0 Å². The summed E-state index contributed by atoms with van der Waals surface area (Å²) in [4.78, 5) is 42.3. The first-order valence-corrected chi connectivity index (χ1v) is 12.3.